The lowest BCUT2D eigenvalue weighted by Crippen LogP contribution is -2.33. The van der Waals surface area contributed by atoms with E-state index in [1.807, 2.05) is 0 Å². The maximum atomic E-state index is 12.3. The number of para-hydroxylation sites is 3. The van der Waals surface area contributed by atoms with Crippen LogP contribution >= 0.6 is 0 Å². The molecule has 8 heteroatoms. The van der Waals surface area contributed by atoms with E-state index in [-0.39, 0.29) is 18.9 Å². The summed E-state index contributed by atoms with van der Waals surface area (Å²) < 4.78 is 31.1. The van der Waals surface area contributed by atoms with Gasteiger partial charge in [-0.25, -0.2) is 8.42 Å². The number of carbonyl (C=O) groups is 1. The normalized spacial score (nSPS) is 13.0. The van der Waals surface area contributed by atoms with E-state index in [4.69, 9.17) is 4.74 Å². The number of hydrogen-bond acceptors (Lipinski definition) is 5. The van der Waals surface area contributed by atoms with Gasteiger partial charge in [-0.2, -0.15) is 0 Å². The van der Waals surface area contributed by atoms with Crippen molar-refractivity contribution in [2.45, 2.75) is 25.7 Å². The van der Waals surface area contributed by atoms with E-state index in [9.17, 15) is 13.2 Å². The second-order valence-electron chi connectivity index (χ2n) is 7.68. The molecule has 0 aliphatic carbocycles. The zero-order chi connectivity index (χ0) is 22.3. The van der Waals surface area contributed by atoms with Gasteiger partial charge in [0, 0.05) is 38.3 Å². The topological polar surface area (TPSA) is 79.0 Å². The summed E-state index contributed by atoms with van der Waals surface area (Å²) in [5.41, 5.74) is 3.17. The third kappa shape index (κ3) is 6.13. The molecular formula is C23H31N3O4S. The molecule has 1 N–H and O–H groups in total. The SMILES string of the molecule is COc1ccccc1N(CCCC(=O)NCCCN1CCc2ccccc21)S(C)(=O)=O. The highest BCUT2D eigenvalue weighted by Gasteiger charge is 2.21. The van der Waals surface area contributed by atoms with E-state index < -0.39 is 10.0 Å². The number of fused-ring (bicyclic) bond motifs is 1. The highest BCUT2D eigenvalue weighted by atomic mass is 32.2. The van der Waals surface area contributed by atoms with Crippen LogP contribution in [0.4, 0.5) is 11.4 Å². The van der Waals surface area contributed by atoms with Crippen LogP contribution in [-0.4, -0.2) is 53.9 Å². The molecule has 0 radical (unpaired) electrons. The number of hydrogen-bond donors (Lipinski definition) is 1. The van der Waals surface area contributed by atoms with Gasteiger partial charge >= 0.3 is 0 Å². The summed E-state index contributed by atoms with van der Waals surface area (Å²) in [7, 11) is -1.98. The largest absolute Gasteiger partial charge is 0.495 e. The predicted octanol–water partition coefficient (Wildman–Crippen LogP) is 2.81. The van der Waals surface area contributed by atoms with Crippen molar-refractivity contribution >= 4 is 27.3 Å². The van der Waals surface area contributed by atoms with Gasteiger partial charge in [0.05, 0.1) is 19.1 Å². The molecule has 168 valence electrons. The number of benzene rings is 2. The molecule has 0 bridgehead atoms. The van der Waals surface area contributed by atoms with E-state index in [0.717, 1.165) is 32.2 Å². The molecule has 1 amide bonds. The number of sulfonamides is 1. The van der Waals surface area contributed by atoms with Crippen molar-refractivity contribution in [2.24, 2.45) is 0 Å². The Bertz CT molecular complexity index is 994. The molecule has 0 saturated heterocycles. The third-order valence-electron chi connectivity index (χ3n) is 5.43. The van der Waals surface area contributed by atoms with Crippen molar-refractivity contribution in [2.75, 3.05) is 48.7 Å². The zero-order valence-corrected chi connectivity index (χ0v) is 19.0. The van der Waals surface area contributed by atoms with Crippen LogP contribution in [0.5, 0.6) is 5.75 Å². The summed E-state index contributed by atoms with van der Waals surface area (Å²) in [5, 5.41) is 2.95. The molecule has 0 fully saturated rings. The number of rotatable bonds is 11. The van der Waals surface area contributed by atoms with E-state index in [2.05, 4.69) is 34.5 Å². The van der Waals surface area contributed by atoms with Crippen molar-refractivity contribution < 1.29 is 17.9 Å². The number of nitrogens with zero attached hydrogens (tertiary/aromatic N) is 2. The first kappa shape index (κ1) is 22.9. The Balaban J connectivity index is 1.42. The van der Waals surface area contributed by atoms with Gasteiger partial charge in [-0.15, -0.1) is 0 Å². The standard InChI is InChI=1S/C23H31N3O4S/c1-30-22-12-6-5-11-21(22)26(31(2,28)29)17-7-13-23(27)24-15-8-16-25-18-14-19-9-3-4-10-20(19)25/h3-6,9-12H,7-8,13-18H2,1-2H3,(H,24,27). The number of carbonyl (C=O) groups excluding carboxylic acids is 1. The Morgan fingerprint density at radius 3 is 2.65 bits per heavy atom. The fourth-order valence-electron chi connectivity index (χ4n) is 3.91. The fourth-order valence-corrected chi connectivity index (χ4v) is 4.88. The number of ether oxygens (including phenoxy) is 1. The number of nitrogens with one attached hydrogen (secondary N) is 1. The summed E-state index contributed by atoms with van der Waals surface area (Å²) in [6.45, 7) is 2.77. The molecule has 31 heavy (non-hydrogen) atoms. The molecule has 3 rings (SSSR count). The van der Waals surface area contributed by atoms with Crippen LogP contribution in [0.1, 0.15) is 24.8 Å². The quantitative estimate of drug-likeness (QED) is 0.538. The van der Waals surface area contributed by atoms with E-state index in [1.54, 1.807) is 24.3 Å². The number of methoxy groups -OCH3 is 1. The maximum absolute atomic E-state index is 12.3. The minimum Gasteiger partial charge on any atom is -0.495 e. The fraction of sp³-hybridized carbons (Fsp3) is 0.435. The van der Waals surface area contributed by atoms with Crippen molar-refractivity contribution in [3.05, 3.63) is 54.1 Å². The second kappa shape index (κ2) is 10.5. The average molecular weight is 446 g/mol. The van der Waals surface area contributed by atoms with Crippen LogP contribution in [0.3, 0.4) is 0 Å². The Hall–Kier alpha value is -2.74. The Kier molecular flexibility index (Phi) is 7.79. The first-order chi connectivity index (χ1) is 14.9. The van der Waals surface area contributed by atoms with Crippen molar-refractivity contribution in [3.8, 4) is 5.75 Å². The van der Waals surface area contributed by atoms with Gasteiger partial charge in [0.2, 0.25) is 15.9 Å². The van der Waals surface area contributed by atoms with Crippen molar-refractivity contribution in [1.29, 1.82) is 0 Å². The molecule has 0 atom stereocenters. The Morgan fingerprint density at radius 2 is 1.87 bits per heavy atom. The van der Waals surface area contributed by atoms with E-state index in [0.29, 0.717) is 24.4 Å². The lowest BCUT2D eigenvalue weighted by Gasteiger charge is -2.24. The molecule has 7 nitrogen and oxygen atoms in total. The Morgan fingerprint density at radius 1 is 1.13 bits per heavy atom. The van der Waals surface area contributed by atoms with Gasteiger partial charge in [0.15, 0.2) is 0 Å². The summed E-state index contributed by atoms with van der Waals surface area (Å²) in [5.74, 6) is 0.427. The molecule has 0 spiro atoms. The highest BCUT2D eigenvalue weighted by Crippen LogP contribution is 2.30. The summed E-state index contributed by atoms with van der Waals surface area (Å²) in [6, 6.07) is 15.4. The van der Waals surface area contributed by atoms with Crippen LogP contribution in [0.15, 0.2) is 48.5 Å². The minimum absolute atomic E-state index is 0.0599. The first-order valence-corrected chi connectivity index (χ1v) is 12.5. The highest BCUT2D eigenvalue weighted by molar-refractivity contribution is 7.92. The molecule has 1 aliphatic heterocycles. The molecule has 1 aliphatic rings. The van der Waals surface area contributed by atoms with Gasteiger partial charge < -0.3 is 15.0 Å². The van der Waals surface area contributed by atoms with Crippen LogP contribution in [0, 0.1) is 0 Å². The van der Waals surface area contributed by atoms with Crippen molar-refractivity contribution in [1.82, 2.24) is 5.32 Å². The molecule has 2 aromatic rings. The smallest absolute Gasteiger partial charge is 0.232 e. The first-order valence-electron chi connectivity index (χ1n) is 10.6. The zero-order valence-electron chi connectivity index (χ0n) is 18.2. The van der Waals surface area contributed by atoms with Crippen LogP contribution in [0.25, 0.3) is 0 Å². The van der Waals surface area contributed by atoms with Gasteiger partial charge in [-0.05, 0) is 43.0 Å². The van der Waals surface area contributed by atoms with E-state index >= 15 is 0 Å². The van der Waals surface area contributed by atoms with Crippen molar-refractivity contribution in [3.63, 3.8) is 0 Å². The van der Waals surface area contributed by atoms with E-state index in [1.165, 1.54) is 22.7 Å². The van der Waals surface area contributed by atoms with Crippen LogP contribution < -0.4 is 19.3 Å². The summed E-state index contributed by atoms with van der Waals surface area (Å²) in [4.78, 5) is 14.6. The Labute approximate surface area is 185 Å². The second-order valence-corrected chi connectivity index (χ2v) is 9.59. The van der Waals surface area contributed by atoms with Gasteiger partial charge in [-0.3, -0.25) is 9.10 Å². The molecule has 0 saturated carbocycles. The summed E-state index contributed by atoms with van der Waals surface area (Å²) >= 11 is 0. The number of anilines is 2. The molecule has 0 aromatic heterocycles. The van der Waals surface area contributed by atoms with Crippen LogP contribution in [0.2, 0.25) is 0 Å². The lowest BCUT2D eigenvalue weighted by molar-refractivity contribution is -0.121. The van der Waals surface area contributed by atoms with Gasteiger partial charge in [0.25, 0.3) is 0 Å². The van der Waals surface area contributed by atoms with Crippen LogP contribution in [-0.2, 0) is 21.2 Å². The summed E-state index contributed by atoms with van der Waals surface area (Å²) in [6.07, 6.45) is 3.81. The third-order valence-corrected chi connectivity index (χ3v) is 6.61. The molecule has 0 unspecified atom stereocenters. The lowest BCUT2D eigenvalue weighted by atomic mass is 10.2. The molecule has 1 heterocycles. The number of amides is 1. The monoisotopic (exact) mass is 445 g/mol. The van der Waals surface area contributed by atoms with Gasteiger partial charge in [-0.1, -0.05) is 30.3 Å². The molecule has 2 aromatic carbocycles. The van der Waals surface area contributed by atoms with Gasteiger partial charge in [0.1, 0.15) is 5.75 Å². The average Bonchev–Trinajstić information content (AvgIpc) is 3.16. The minimum atomic E-state index is -3.49. The maximum Gasteiger partial charge on any atom is 0.232 e. The predicted molar refractivity (Wildman–Crippen MR) is 124 cm³/mol. The molecular weight excluding hydrogens is 414 g/mol.